The molecule has 0 saturated carbocycles. The van der Waals surface area contributed by atoms with Gasteiger partial charge in [0.1, 0.15) is 11.6 Å². The Morgan fingerprint density at radius 1 is 1.20 bits per heavy atom. The molecular weight excluding hydrogens is 328 g/mol. The topological polar surface area (TPSA) is 32.3 Å². The summed E-state index contributed by atoms with van der Waals surface area (Å²) >= 11 is 3.38. The second kappa shape index (κ2) is 6.33. The van der Waals surface area contributed by atoms with Crippen LogP contribution in [0.3, 0.4) is 0 Å². The Morgan fingerprint density at radius 3 is 2.70 bits per heavy atom. The number of aliphatic hydroxyl groups excluding tert-OH is 1. The number of hydrogen-bond acceptors (Lipinski definition) is 2. The number of nitrogens with one attached hydrogen (secondary N) is 1. The summed E-state index contributed by atoms with van der Waals surface area (Å²) in [5, 5.41) is 13.0. The van der Waals surface area contributed by atoms with Gasteiger partial charge in [0.15, 0.2) is 0 Å². The van der Waals surface area contributed by atoms with Gasteiger partial charge < -0.3 is 10.4 Å². The molecule has 1 atom stereocenters. The van der Waals surface area contributed by atoms with Crippen molar-refractivity contribution in [3.63, 3.8) is 0 Å². The predicted octanol–water partition coefficient (Wildman–Crippen LogP) is 4.18. The van der Waals surface area contributed by atoms with E-state index in [4.69, 9.17) is 0 Å². The molecule has 5 heteroatoms. The molecule has 106 valence electrons. The maximum absolute atomic E-state index is 13.5. The Bertz CT molecular complexity index is 619. The summed E-state index contributed by atoms with van der Waals surface area (Å²) in [5.74, 6) is -1.19. The van der Waals surface area contributed by atoms with Gasteiger partial charge in [-0.05, 0) is 58.7 Å². The Labute approximate surface area is 124 Å². The van der Waals surface area contributed by atoms with Crippen molar-refractivity contribution < 1.29 is 13.9 Å². The van der Waals surface area contributed by atoms with Crippen molar-refractivity contribution in [2.24, 2.45) is 0 Å². The Balaban J connectivity index is 2.10. The summed E-state index contributed by atoms with van der Waals surface area (Å²) in [6.45, 7) is 2.03. The zero-order chi connectivity index (χ0) is 14.7. The van der Waals surface area contributed by atoms with E-state index in [9.17, 15) is 13.9 Å². The van der Waals surface area contributed by atoms with Crippen LogP contribution in [0.2, 0.25) is 0 Å². The lowest BCUT2D eigenvalue weighted by molar-refractivity contribution is 0.186. The van der Waals surface area contributed by atoms with Crippen LogP contribution < -0.4 is 5.32 Å². The number of aryl methyl sites for hydroxylation is 1. The fourth-order valence-corrected chi connectivity index (χ4v) is 2.25. The molecule has 2 nitrogen and oxygen atoms in total. The molecule has 2 N–H and O–H groups in total. The number of aliphatic hydroxyl groups is 1. The number of benzene rings is 2. The second-order valence-corrected chi connectivity index (χ2v) is 5.40. The fourth-order valence-electron chi connectivity index (χ4n) is 1.86. The maximum atomic E-state index is 13.5. The van der Waals surface area contributed by atoms with Gasteiger partial charge >= 0.3 is 0 Å². The van der Waals surface area contributed by atoms with Crippen molar-refractivity contribution in [1.29, 1.82) is 0 Å². The standard InChI is InChI=1S/C15H14BrF2NO/c1-9-2-4-12(16)14(6-9)19-8-15(20)11-7-10(17)3-5-13(11)18/h2-7,15,19-20H,8H2,1H3. The van der Waals surface area contributed by atoms with E-state index in [0.717, 1.165) is 33.9 Å². The zero-order valence-electron chi connectivity index (χ0n) is 10.8. The maximum Gasteiger partial charge on any atom is 0.129 e. The average molecular weight is 342 g/mol. The fraction of sp³-hybridized carbons (Fsp3) is 0.200. The quantitative estimate of drug-likeness (QED) is 0.874. The molecule has 0 saturated heterocycles. The molecule has 0 bridgehead atoms. The Kier molecular flexibility index (Phi) is 4.73. The first-order valence-electron chi connectivity index (χ1n) is 6.10. The SMILES string of the molecule is Cc1ccc(Br)c(NCC(O)c2cc(F)ccc2F)c1. The van der Waals surface area contributed by atoms with Crippen molar-refractivity contribution in [3.05, 3.63) is 63.6 Å². The van der Waals surface area contributed by atoms with E-state index >= 15 is 0 Å². The third-order valence-corrected chi connectivity index (χ3v) is 3.62. The van der Waals surface area contributed by atoms with E-state index in [0.29, 0.717) is 0 Å². The predicted molar refractivity (Wildman–Crippen MR) is 78.7 cm³/mol. The molecule has 0 spiro atoms. The van der Waals surface area contributed by atoms with Gasteiger partial charge in [-0.3, -0.25) is 0 Å². The molecule has 0 aromatic heterocycles. The van der Waals surface area contributed by atoms with Crippen LogP contribution in [0.4, 0.5) is 14.5 Å². The van der Waals surface area contributed by atoms with Crippen LogP contribution in [0, 0.1) is 18.6 Å². The van der Waals surface area contributed by atoms with Crippen molar-refractivity contribution in [2.45, 2.75) is 13.0 Å². The van der Waals surface area contributed by atoms with Gasteiger partial charge in [0.25, 0.3) is 0 Å². The van der Waals surface area contributed by atoms with E-state index < -0.39 is 17.7 Å². The highest BCUT2D eigenvalue weighted by Crippen LogP contribution is 2.25. The molecule has 0 fully saturated rings. The summed E-state index contributed by atoms with van der Waals surface area (Å²) in [4.78, 5) is 0. The second-order valence-electron chi connectivity index (χ2n) is 4.55. The van der Waals surface area contributed by atoms with Gasteiger partial charge in [0, 0.05) is 22.3 Å². The van der Waals surface area contributed by atoms with Gasteiger partial charge in [-0.15, -0.1) is 0 Å². The Hall–Kier alpha value is -1.46. The first-order chi connectivity index (χ1) is 9.47. The molecule has 0 amide bonds. The molecule has 0 aliphatic heterocycles. The van der Waals surface area contributed by atoms with E-state index in [1.807, 2.05) is 25.1 Å². The molecule has 2 aromatic carbocycles. The minimum Gasteiger partial charge on any atom is -0.386 e. The van der Waals surface area contributed by atoms with Crippen LogP contribution in [0.1, 0.15) is 17.2 Å². The highest BCUT2D eigenvalue weighted by Gasteiger charge is 2.14. The van der Waals surface area contributed by atoms with Crippen molar-refractivity contribution >= 4 is 21.6 Å². The molecule has 2 aromatic rings. The van der Waals surface area contributed by atoms with Crippen LogP contribution in [0.25, 0.3) is 0 Å². The molecule has 0 radical (unpaired) electrons. The first-order valence-corrected chi connectivity index (χ1v) is 6.89. The summed E-state index contributed by atoms with van der Waals surface area (Å²) in [6, 6.07) is 8.77. The number of rotatable bonds is 4. The molecule has 0 heterocycles. The van der Waals surface area contributed by atoms with Crippen molar-refractivity contribution in [1.82, 2.24) is 0 Å². The summed E-state index contributed by atoms with van der Waals surface area (Å²) in [7, 11) is 0. The zero-order valence-corrected chi connectivity index (χ0v) is 12.4. The third-order valence-electron chi connectivity index (χ3n) is 2.92. The highest BCUT2D eigenvalue weighted by atomic mass is 79.9. The van der Waals surface area contributed by atoms with E-state index in [1.165, 1.54) is 0 Å². The highest BCUT2D eigenvalue weighted by molar-refractivity contribution is 9.10. The smallest absolute Gasteiger partial charge is 0.129 e. The molecule has 2 rings (SSSR count). The van der Waals surface area contributed by atoms with E-state index in [-0.39, 0.29) is 12.1 Å². The lowest BCUT2D eigenvalue weighted by Crippen LogP contribution is -2.14. The van der Waals surface area contributed by atoms with Gasteiger partial charge in [-0.1, -0.05) is 6.07 Å². The number of anilines is 1. The van der Waals surface area contributed by atoms with Crippen LogP contribution in [-0.2, 0) is 0 Å². The number of hydrogen-bond donors (Lipinski definition) is 2. The van der Waals surface area contributed by atoms with Crippen LogP contribution in [0.15, 0.2) is 40.9 Å². The first kappa shape index (κ1) is 14.9. The lowest BCUT2D eigenvalue weighted by atomic mass is 10.1. The monoisotopic (exact) mass is 341 g/mol. The van der Waals surface area contributed by atoms with Crippen LogP contribution in [0.5, 0.6) is 0 Å². The lowest BCUT2D eigenvalue weighted by Gasteiger charge is -2.15. The normalized spacial score (nSPS) is 12.2. The summed E-state index contributed by atoms with van der Waals surface area (Å²) in [6.07, 6.45) is -1.13. The van der Waals surface area contributed by atoms with Gasteiger partial charge in [0.05, 0.1) is 6.10 Å². The van der Waals surface area contributed by atoms with Gasteiger partial charge in [0.2, 0.25) is 0 Å². The molecular formula is C15H14BrF2NO. The van der Waals surface area contributed by atoms with Gasteiger partial charge in [-0.2, -0.15) is 0 Å². The van der Waals surface area contributed by atoms with Crippen LogP contribution in [-0.4, -0.2) is 11.7 Å². The minimum atomic E-state index is -1.13. The van der Waals surface area contributed by atoms with E-state index in [2.05, 4.69) is 21.2 Å². The Morgan fingerprint density at radius 2 is 1.95 bits per heavy atom. The van der Waals surface area contributed by atoms with Crippen molar-refractivity contribution in [2.75, 3.05) is 11.9 Å². The molecule has 20 heavy (non-hydrogen) atoms. The summed E-state index contributed by atoms with van der Waals surface area (Å²) < 4.78 is 27.5. The van der Waals surface area contributed by atoms with Crippen LogP contribution >= 0.6 is 15.9 Å². The molecule has 0 aliphatic carbocycles. The van der Waals surface area contributed by atoms with Gasteiger partial charge in [-0.25, -0.2) is 8.78 Å². The molecule has 0 aliphatic rings. The van der Waals surface area contributed by atoms with Crippen molar-refractivity contribution in [3.8, 4) is 0 Å². The summed E-state index contributed by atoms with van der Waals surface area (Å²) in [5.41, 5.74) is 1.80. The minimum absolute atomic E-state index is 0.0544. The molecule has 1 unspecified atom stereocenters. The number of halogens is 3. The van der Waals surface area contributed by atoms with E-state index in [1.54, 1.807) is 0 Å². The largest absolute Gasteiger partial charge is 0.386 e. The average Bonchev–Trinajstić information content (AvgIpc) is 2.42. The third kappa shape index (κ3) is 3.55.